The minimum absolute atomic E-state index is 0.0102. The maximum Gasteiger partial charge on any atom is 0.264 e. The highest BCUT2D eigenvalue weighted by molar-refractivity contribution is 7.92. The number of nitrogens with one attached hydrogen (secondary N) is 1. The van der Waals surface area contributed by atoms with Gasteiger partial charge in [-0.05, 0) is 55.3 Å². The number of methoxy groups -OCH3 is 1. The number of benzene rings is 3. The molecular weight excluding hydrogens is 561 g/mol. The number of rotatable bonds is 12. The number of anilines is 1. The largest absolute Gasteiger partial charge is 0.497 e. The molecule has 1 unspecified atom stereocenters. The van der Waals surface area contributed by atoms with Gasteiger partial charge in [-0.25, -0.2) is 8.42 Å². The molecule has 11 heteroatoms. The van der Waals surface area contributed by atoms with Crippen molar-refractivity contribution in [2.24, 2.45) is 0 Å². The molecule has 208 valence electrons. The lowest BCUT2D eigenvalue weighted by Gasteiger charge is -2.33. The number of halogens is 2. The zero-order chi connectivity index (χ0) is 28.6. The number of nitrogens with zero attached hydrogens (tertiary/aromatic N) is 2. The van der Waals surface area contributed by atoms with Crippen LogP contribution in [-0.2, 0) is 26.2 Å². The summed E-state index contributed by atoms with van der Waals surface area (Å²) < 4.78 is 33.8. The number of sulfonamides is 1. The summed E-state index contributed by atoms with van der Waals surface area (Å²) in [6, 6.07) is 18.5. The molecular formula is C28H31Cl2N3O5S. The molecule has 0 spiro atoms. The Morgan fingerprint density at radius 3 is 2.21 bits per heavy atom. The third-order valence-electron chi connectivity index (χ3n) is 6.06. The lowest BCUT2D eigenvalue weighted by Crippen LogP contribution is -2.52. The van der Waals surface area contributed by atoms with Gasteiger partial charge in [0.1, 0.15) is 18.3 Å². The van der Waals surface area contributed by atoms with Crippen molar-refractivity contribution in [2.45, 2.75) is 37.8 Å². The zero-order valence-electron chi connectivity index (χ0n) is 21.9. The highest BCUT2D eigenvalue weighted by atomic mass is 35.5. The molecule has 1 N–H and O–H groups in total. The number of hydrogen-bond acceptors (Lipinski definition) is 5. The van der Waals surface area contributed by atoms with Crippen LogP contribution in [0.4, 0.5) is 5.69 Å². The van der Waals surface area contributed by atoms with E-state index in [1.807, 2.05) is 0 Å². The van der Waals surface area contributed by atoms with E-state index in [2.05, 4.69) is 5.32 Å². The van der Waals surface area contributed by atoms with Gasteiger partial charge in [-0.15, -0.1) is 0 Å². The van der Waals surface area contributed by atoms with Crippen molar-refractivity contribution in [2.75, 3.05) is 24.5 Å². The van der Waals surface area contributed by atoms with Crippen LogP contribution in [0.25, 0.3) is 0 Å². The van der Waals surface area contributed by atoms with Crippen LogP contribution in [0.1, 0.15) is 25.8 Å². The maximum atomic E-state index is 14.0. The number of hydrogen-bond donors (Lipinski definition) is 1. The summed E-state index contributed by atoms with van der Waals surface area (Å²) >= 11 is 12.7. The molecule has 0 aliphatic heterocycles. The highest BCUT2D eigenvalue weighted by Crippen LogP contribution is 2.35. The SMILES string of the molecule is CCNC(=O)C(CC)N(Cc1ccc(OC)cc1)C(=O)CN(c1cccc(Cl)c1Cl)S(=O)(=O)c1ccccc1. The van der Waals surface area contributed by atoms with Gasteiger partial charge in [-0.3, -0.25) is 13.9 Å². The van der Waals surface area contributed by atoms with Crippen molar-refractivity contribution < 1.29 is 22.7 Å². The molecule has 3 aromatic carbocycles. The molecule has 1 atom stereocenters. The average molecular weight is 593 g/mol. The van der Waals surface area contributed by atoms with Crippen LogP contribution in [0.3, 0.4) is 0 Å². The second-order valence-electron chi connectivity index (χ2n) is 8.59. The third-order valence-corrected chi connectivity index (χ3v) is 8.64. The van der Waals surface area contributed by atoms with E-state index >= 15 is 0 Å². The van der Waals surface area contributed by atoms with Gasteiger partial charge in [0.2, 0.25) is 11.8 Å². The molecule has 0 radical (unpaired) electrons. The van der Waals surface area contributed by atoms with Gasteiger partial charge in [0.05, 0.1) is 27.7 Å². The predicted molar refractivity (Wildman–Crippen MR) is 154 cm³/mol. The fourth-order valence-corrected chi connectivity index (χ4v) is 5.95. The number of likely N-dealkylation sites (N-methyl/N-ethyl adjacent to an activating group) is 1. The Labute approximate surface area is 239 Å². The molecule has 0 heterocycles. The number of ether oxygens (including phenoxy) is 1. The van der Waals surface area contributed by atoms with Crippen LogP contribution in [0.5, 0.6) is 5.75 Å². The molecule has 0 bridgehead atoms. The first kappa shape index (κ1) is 30.3. The summed E-state index contributed by atoms with van der Waals surface area (Å²) in [5, 5.41) is 2.90. The number of carbonyl (C=O) groups is 2. The predicted octanol–water partition coefficient (Wildman–Crippen LogP) is 5.14. The topological polar surface area (TPSA) is 96.0 Å². The Balaban J connectivity index is 2.08. The second-order valence-corrected chi connectivity index (χ2v) is 11.2. The van der Waals surface area contributed by atoms with E-state index in [4.69, 9.17) is 27.9 Å². The van der Waals surface area contributed by atoms with Crippen molar-refractivity contribution in [1.82, 2.24) is 10.2 Å². The summed E-state index contributed by atoms with van der Waals surface area (Å²) in [7, 11) is -2.69. The summed E-state index contributed by atoms with van der Waals surface area (Å²) in [6.45, 7) is 3.42. The standard InChI is InChI=1S/C28H31Cl2N3O5S/c1-4-24(28(35)31-5-2)32(18-20-14-16-21(38-3)17-15-20)26(34)19-33(25-13-9-12-23(29)27(25)30)39(36,37)22-10-7-6-8-11-22/h6-17,24H,4-5,18-19H2,1-3H3,(H,31,35). The Morgan fingerprint density at radius 1 is 0.949 bits per heavy atom. The van der Waals surface area contributed by atoms with E-state index in [9.17, 15) is 18.0 Å². The first-order chi connectivity index (χ1) is 18.6. The van der Waals surface area contributed by atoms with Crippen LogP contribution in [0.2, 0.25) is 10.0 Å². The molecule has 0 fully saturated rings. The van der Waals surface area contributed by atoms with Gasteiger partial charge >= 0.3 is 0 Å². The second kappa shape index (κ2) is 13.7. The van der Waals surface area contributed by atoms with E-state index < -0.39 is 28.5 Å². The maximum absolute atomic E-state index is 14.0. The lowest BCUT2D eigenvalue weighted by molar-refractivity contribution is -0.140. The Morgan fingerprint density at radius 2 is 1.62 bits per heavy atom. The van der Waals surface area contributed by atoms with Crippen LogP contribution in [0.15, 0.2) is 77.7 Å². The van der Waals surface area contributed by atoms with E-state index in [-0.39, 0.29) is 33.1 Å². The Hall–Kier alpha value is -3.27. The Kier molecular flexibility index (Phi) is 10.6. The van der Waals surface area contributed by atoms with Gasteiger partial charge in [-0.2, -0.15) is 0 Å². The van der Waals surface area contributed by atoms with Gasteiger partial charge < -0.3 is 15.0 Å². The monoisotopic (exact) mass is 591 g/mol. The fraction of sp³-hybridized carbons (Fsp3) is 0.286. The molecule has 0 saturated heterocycles. The van der Waals surface area contributed by atoms with Crippen molar-refractivity contribution in [3.05, 3.63) is 88.4 Å². The average Bonchev–Trinajstić information content (AvgIpc) is 2.94. The molecule has 8 nitrogen and oxygen atoms in total. The van der Waals surface area contributed by atoms with Crippen molar-refractivity contribution in [3.63, 3.8) is 0 Å². The van der Waals surface area contributed by atoms with E-state index in [0.29, 0.717) is 18.7 Å². The molecule has 0 saturated carbocycles. The fourth-order valence-electron chi connectivity index (χ4n) is 4.06. The van der Waals surface area contributed by atoms with Crippen molar-refractivity contribution in [1.29, 1.82) is 0 Å². The molecule has 39 heavy (non-hydrogen) atoms. The summed E-state index contributed by atoms with van der Waals surface area (Å²) in [5.74, 6) is -0.275. The van der Waals surface area contributed by atoms with E-state index in [0.717, 1.165) is 9.87 Å². The first-order valence-electron chi connectivity index (χ1n) is 12.4. The molecule has 0 aromatic heterocycles. The Bertz CT molecular complexity index is 1390. The lowest BCUT2D eigenvalue weighted by atomic mass is 10.1. The van der Waals surface area contributed by atoms with Crippen LogP contribution >= 0.6 is 23.2 Å². The molecule has 2 amide bonds. The molecule has 0 aliphatic rings. The quantitative estimate of drug-likeness (QED) is 0.314. The highest BCUT2D eigenvalue weighted by Gasteiger charge is 2.34. The number of amides is 2. The first-order valence-corrected chi connectivity index (χ1v) is 14.6. The molecule has 3 aromatic rings. The summed E-state index contributed by atoms with van der Waals surface area (Å²) in [6.07, 6.45) is 0.317. The third kappa shape index (κ3) is 7.23. The summed E-state index contributed by atoms with van der Waals surface area (Å²) in [5.41, 5.74) is 0.793. The van der Waals surface area contributed by atoms with Crippen LogP contribution in [0, 0.1) is 0 Å². The zero-order valence-corrected chi connectivity index (χ0v) is 24.3. The van der Waals surface area contributed by atoms with Crippen molar-refractivity contribution in [3.8, 4) is 5.75 Å². The smallest absolute Gasteiger partial charge is 0.264 e. The van der Waals surface area contributed by atoms with Gasteiger partial charge in [0, 0.05) is 13.1 Å². The van der Waals surface area contributed by atoms with Crippen molar-refractivity contribution >= 4 is 50.7 Å². The molecule has 0 aliphatic carbocycles. The van der Waals surface area contributed by atoms with Crippen LogP contribution < -0.4 is 14.4 Å². The van der Waals surface area contributed by atoms with E-state index in [1.54, 1.807) is 69.5 Å². The van der Waals surface area contributed by atoms with Crippen LogP contribution in [-0.4, -0.2) is 51.4 Å². The van der Waals surface area contributed by atoms with E-state index in [1.165, 1.54) is 29.2 Å². The minimum atomic E-state index is -4.24. The normalized spacial score (nSPS) is 11.9. The summed E-state index contributed by atoms with van der Waals surface area (Å²) in [4.78, 5) is 28.3. The molecule has 3 rings (SSSR count). The minimum Gasteiger partial charge on any atom is -0.497 e. The van der Waals surface area contributed by atoms with Gasteiger partial charge in [-0.1, -0.05) is 66.5 Å². The van der Waals surface area contributed by atoms with Gasteiger partial charge in [0.25, 0.3) is 10.0 Å². The van der Waals surface area contributed by atoms with Gasteiger partial charge in [0.15, 0.2) is 0 Å². The number of carbonyl (C=O) groups excluding carboxylic acids is 2.